The minimum absolute atomic E-state index is 0.00579. The number of amides is 2. The van der Waals surface area contributed by atoms with Crippen molar-refractivity contribution in [2.45, 2.75) is 12.6 Å². The Morgan fingerprint density at radius 3 is 3.14 bits per heavy atom. The zero-order valence-electron chi connectivity index (χ0n) is 11.6. The maximum atomic E-state index is 12.1. The monoisotopic (exact) mass is 295 g/mol. The van der Waals surface area contributed by atoms with Crippen LogP contribution in [0.3, 0.4) is 0 Å². The van der Waals surface area contributed by atoms with Gasteiger partial charge in [-0.2, -0.15) is 0 Å². The van der Waals surface area contributed by atoms with E-state index in [9.17, 15) is 9.59 Å². The Kier molecular flexibility index (Phi) is 4.94. The summed E-state index contributed by atoms with van der Waals surface area (Å²) in [6.07, 6.45) is 1.58. The van der Waals surface area contributed by atoms with Crippen LogP contribution in [0.15, 0.2) is 18.3 Å². The number of hydrogen-bond donors (Lipinski definition) is 2. The number of urea groups is 1. The number of carboxylic acid groups (broad SMARTS) is 1. The van der Waals surface area contributed by atoms with E-state index in [2.05, 4.69) is 10.3 Å². The molecule has 21 heavy (non-hydrogen) atoms. The lowest BCUT2D eigenvalue weighted by atomic mass is 10.2. The molecule has 0 saturated carbocycles. The van der Waals surface area contributed by atoms with E-state index in [1.807, 2.05) is 0 Å². The van der Waals surface area contributed by atoms with Gasteiger partial charge in [0.2, 0.25) is 5.88 Å². The Bertz CT molecular complexity index is 522. The van der Waals surface area contributed by atoms with E-state index in [4.69, 9.17) is 14.6 Å². The van der Waals surface area contributed by atoms with Crippen molar-refractivity contribution in [1.82, 2.24) is 15.2 Å². The van der Waals surface area contributed by atoms with Gasteiger partial charge in [-0.05, 0) is 11.6 Å². The predicted molar refractivity (Wildman–Crippen MR) is 72.0 cm³/mol. The van der Waals surface area contributed by atoms with Gasteiger partial charge in [0.1, 0.15) is 0 Å². The van der Waals surface area contributed by atoms with Gasteiger partial charge < -0.3 is 24.8 Å². The Hall–Kier alpha value is -2.35. The molecule has 2 rings (SSSR count). The molecule has 114 valence electrons. The molecule has 0 spiro atoms. The Morgan fingerprint density at radius 2 is 2.43 bits per heavy atom. The third-order valence-electron chi connectivity index (χ3n) is 3.13. The SMILES string of the molecule is COc1cc(CNC(=O)N2CCOCC2C(=O)O)ccn1. The van der Waals surface area contributed by atoms with Crippen LogP contribution in [0.4, 0.5) is 4.79 Å². The van der Waals surface area contributed by atoms with Gasteiger partial charge in [0, 0.05) is 25.4 Å². The number of ether oxygens (including phenoxy) is 2. The Morgan fingerprint density at radius 1 is 1.62 bits per heavy atom. The molecule has 8 nitrogen and oxygen atoms in total. The van der Waals surface area contributed by atoms with Crippen LogP contribution >= 0.6 is 0 Å². The molecular formula is C13H17N3O5. The van der Waals surface area contributed by atoms with Crippen LogP contribution in [0, 0.1) is 0 Å². The van der Waals surface area contributed by atoms with E-state index in [0.717, 1.165) is 5.56 Å². The topological polar surface area (TPSA) is 101 Å². The van der Waals surface area contributed by atoms with Crippen LogP contribution in [-0.4, -0.2) is 59.9 Å². The highest BCUT2D eigenvalue weighted by molar-refractivity contribution is 5.83. The molecule has 8 heteroatoms. The van der Waals surface area contributed by atoms with Gasteiger partial charge in [0.15, 0.2) is 6.04 Å². The van der Waals surface area contributed by atoms with Crippen LogP contribution in [0.25, 0.3) is 0 Å². The molecule has 1 fully saturated rings. The second-order valence-electron chi connectivity index (χ2n) is 4.49. The first kappa shape index (κ1) is 15.0. The van der Waals surface area contributed by atoms with Crippen molar-refractivity contribution < 1.29 is 24.2 Å². The standard InChI is InChI=1S/C13H17N3O5/c1-20-11-6-9(2-3-14-11)7-15-13(19)16-4-5-21-8-10(16)12(17)18/h2-3,6,10H,4-5,7-8H2,1H3,(H,15,19)(H,17,18). The van der Waals surface area contributed by atoms with Crippen LogP contribution in [0.5, 0.6) is 5.88 Å². The number of methoxy groups -OCH3 is 1. The van der Waals surface area contributed by atoms with Gasteiger partial charge in [0.05, 0.1) is 20.3 Å². The van der Waals surface area contributed by atoms with Crippen molar-refractivity contribution in [3.63, 3.8) is 0 Å². The minimum Gasteiger partial charge on any atom is -0.481 e. The molecule has 0 bridgehead atoms. The van der Waals surface area contributed by atoms with E-state index in [1.165, 1.54) is 12.0 Å². The number of carboxylic acids is 1. The molecule has 1 aromatic heterocycles. The van der Waals surface area contributed by atoms with Crippen molar-refractivity contribution in [2.24, 2.45) is 0 Å². The summed E-state index contributed by atoms with van der Waals surface area (Å²) in [5.41, 5.74) is 0.815. The first-order valence-electron chi connectivity index (χ1n) is 6.45. The van der Waals surface area contributed by atoms with E-state index in [0.29, 0.717) is 12.5 Å². The molecule has 1 unspecified atom stereocenters. The third-order valence-corrected chi connectivity index (χ3v) is 3.13. The second-order valence-corrected chi connectivity index (χ2v) is 4.49. The molecule has 1 aromatic rings. The third kappa shape index (κ3) is 3.82. The number of nitrogens with one attached hydrogen (secondary N) is 1. The van der Waals surface area contributed by atoms with Crippen LogP contribution < -0.4 is 10.1 Å². The average molecular weight is 295 g/mol. The first-order chi connectivity index (χ1) is 10.1. The number of aliphatic carboxylic acids is 1. The molecule has 0 aliphatic carbocycles. The fraction of sp³-hybridized carbons (Fsp3) is 0.462. The van der Waals surface area contributed by atoms with Gasteiger partial charge in [-0.3, -0.25) is 0 Å². The fourth-order valence-corrected chi connectivity index (χ4v) is 2.00. The van der Waals surface area contributed by atoms with Crippen molar-refractivity contribution in [2.75, 3.05) is 26.9 Å². The van der Waals surface area contributed by atoms with Crippen LogP contribution in [0.2, 0.25) is 0 Å². The number of aromatic nitrogens is 1. The Balaban J connectivity index is 1.95. The molecule has 1 atom stereocenters. The highest BCUT2D eigenvalue weighted by Crippen LogP contribution is 2.10. The number of nitrogens with zero attached hydrogens (tertiary/aromatic N) is 2. The fourth-order valence-electron chi connectivity index (χ4n) is 2.00. The van der Waals surface area contributed by atoms with Gasteiger partial charge in [-0.1, -0.05) is 0 Å². The summed E-state index contributed by atoms with van der Waals surface area (Å²) < 4.78 is 10.1. The minimum atomic E-state index is -1.07. The van der Waals surface area contributed by atoms with E-state index >= 15 is 0 Å². The zero-order chi connectivity index (χ0) is 15.2. The lowest BCUT2D eigenvalue weighted by Gasteiger charge is -2.32. The van der Waals surface area contributed by atoms with E-state index in [-0.39, 0.29) is 19.7 Å². The molecule has 2 amide bonds. The predicted octanol–water partition coefficient (Wildman–Crippen LogP) is 0.0852. The molecule has 1 saturated heterocycles. The zero-order valence-corrected chi connectivity index (χ0v) is 11.6. The highest BCUT2D eigenvalue weighted by Gasteiger charge is 2.32. The first-order valence-corrected chi connectivity index (χ1v) is 6.45. The summed E-state index contributed by atoms with van der Waals surface area (Å²) in [6, 6.07) is 2.07. The van der Waals surface area contributed by atoms with Crippen molar-refractivity contribution >= 4 is 12.0 Å². The van der Waals surface area contributed by atoms with Gasteiger partial charge in [-0.25, -0.2) is 14.6 Å². The summed E-state index contributed by atoms with van der Waals surface area (Å²) in [7, 11) is 1.51. The molecule has 2 heterocycles. The lowest BCUT2D eigenvalue weighted by molar-refractivity contribution is -0.147. The molecule has 1 aliphatic rings. The summed E-state index contributed by atoms with van der Waals surface area (Å²) in [5.74, 6) is -0.619. The Labute approximate surface area is 121 Å². The van der Waals surface area contributed by atoms with Crippen molar-refractivity contribution in [3.8, 4) is 5.88 Å². The lowest BCUT2D eigenvalue weighted by Crippen LogP contribution is -2.55. The van der Waals surface area contributed by atoms with E-state index in [1.54, 1.807) is 18.3 Å². The normalized spacial score (nSPS) is 18.1. The average Bonchev–Trinajstić information content (AvgIpc) is 2.52. The van der Waals surface area contributed by atoms with Gasteiger partial charge in [0.25, 0.3) is 0 Å². The number of hydrogen-bond acceptors (Lipinski definition) is 5. The number of carbonyl (C=O) groups excluding carboxylic acids is 1. The maximum absolute atomic E-state index is 12.1. The van der Waals surface area contributed by atoms with E-state index < -0.39 is 18.0 Å². The number of morpholine rings is 1. The maximum Gasteiger partial charge on any atom is 0.328 e. The number of carbonyl (C=O) groups is 2. The largest absolute Gasteiger partial charge is 0.481 e. The molecular weight excluding hydrogens is 278 g/mol. The summed E-state index contributed by atoms with van der Waals surface area (Å²) >= 11 is 0. The highest BCUT2D eigenvalue weighted by atomic mass is 16.5. The van der Waals surface area contributed by atoms with Crippen LogP contribution in [0.1, 0.15) is 5.56 Å². The van der Waals surface area contributed by atoms with Gasteiger partial charge >= 0.3 is 12.0 Å². The number of pyridine rings is 1. The van der Waals surface area contributed by atoms with Gasteiger partial charge in [-0.15, -0.1) is 0 Å². The summed E-state index contributed by atoms with van der Waals surface area (Å²) in [4.78, 5) is 28.4. The molecule has 2 N–H and O–H groups in total. The van der Waals surface area contributed by atoms with Crippen molar-refractivity contribution in [3.05, 3.63) is 23.9 Å². The smallest absolute Gasteiger partial charge is 0.328 e. The summed E-state index contributed by atoms with van der Waals surface area (Å²) in [6.45, 7) is 0.857. The second kappa shape index (κ2) is 6.89. The van der Waals surface area contributed by atoms with Crippen LogP contribution in [-0.2, 0) is 16.1 Å². The quantitative estimate of drug-likeness (QED) is 0.816. The molecule has 0 radical (unpaired) electrons. The van der Waals surface area contributed by atoms with Crippen molar-refractivity contribution in [1.29, 1.82) is 0 Å². The molecule has 0 aromatic carbocycles. The molecule has 1 aliphatic heterocycles. The number of rotatable bonds is 4. The summed E-state index contributed by atoms with van der Waals surface area (Å²) in [5, 5.41) is 11.8.